The standard InChI is InChI=1S/C17H18ClNO4S/c1-11(15-4-3-7-24-15)19-16(20)10-23-17(21)9-12-8-13(18)5-6-14(12)22-2/h3-8,11H,9-10H2,1-2H3,(H,19,20)/t11-/m1/s1. The van der Waals surface area contributed by atoms with Crippen LogP contribution in [0.1, 0.15) is 23.4 Å². The Morgan fingerprint density at radius 3 is 2.79 bits per heavy atom. The number of thiophene rings is 1. The molecule has 0 aliphatic rings. The summed E-state index contributed by atoms with van der Waals surface area (Å²) < 4.78 is 10.2. The first-order valence-corrected chi connectivity index (χ1v) is 8.56. The molecule has 5 nitrogen and oxygen atoms in total. The molecule has 128 valence electrons. The maximum Gasteiger partial charge on any atom is 0.310 e. The number of esters is 1. The number of carbonyl (C=O) groups excluding carboxylic acids is 2. The zero-order chi connectivity index (χ0) is 17.5. The van der Waals surface area contributed by atoms with Crippen LogP contribution < -0.4 is 10.1 Å². The molecule has 0 aliphatic carbocycles. The molecule has 1 aromatic heterocycles. The Kier molecular flexibility index (Phi) is 6.63. The fourth-order valence-corrected chi connectivity index (χ4v) is 3.06. The van der Waals surface area contributed by atoms with Crippen molar-refractivity contribution in [3.63, 3.8) is 0 Å². The molecule has 1 amide bonds. The van der Waals surface area contributed by atoms with Gasteiger partial charge in [0.2, 0.25) is 0 Å². The molecule has 2 rings (SSSR count). The van der Waals surface area contributed by atoms with E-state index in [0.717, 1.165) is 4.88 Å². The highest BCUT2D eigenvalue weighted by Gasteiger charge is 2.14. The van der Waals surface area contributed by atoms with Crippen LogP contribution in [0.3, 0.4) is 0 Å². The van der Waals surface area contributed by atoms with E-state index in [1.165, 1.54) is 7.11 Å². The predicted octanol–water partition coefficient (Wildman–Crippen LogP) is 3.37. The average Bonchev–Trinajstić information content (AvgIpc) is 3.08. The Morgan fingerprint density at radius 1 is 1.33 bits per heavy atom. The summed E-state index contributed by atoms with van der Waals surface area (Å²) in [5.41, 5.74) is 0.613. The molecular formula is C17H18ClNO4S. The molecule has 1 N–H and O–H groups in total. The summed E-state index contributed by atoms with van der Waals surface area (Å²) in [6.45, 7) is 1.56. The minimum absolute atomic E-state index is 0.0164. The molecule has 2 aromatic rings. The van der Waals surface area contributed by atoms with Crippen LogP contribution >= 0.6 is 22.9 Å². The number of amides is 1. The molecule has 0 radical (unpaired) electrons. The lowest BCUT2D eigenvalue weighted by Gasteiger charge is -2.13. The van der Waals surface area contributed by atoms with Gasteiger partial charge >= 0.3 is 5.97 Å². The third kappa shape index (κ3) is 5.25. The SMILES string of the molecule is COc1ccc(Cl)cc1CC(=O)OCC(=O)N[C@H](C)c1cccs1. The second-order valence-corrected chi connectivity index (χ2v) is 6.51. The van der Waals surface area contributed by atoms with Gasteiger partial charge in [-0.05, 0) is 36.6 Å². The van der Waals surface area contributed by atoms with E-state index in [4.69, 9.17) is 21.1 Å². The molecule has 0 unspecified atom stereocenters. The molecule has 7 heteroatoms. The number of halogens is 1. The van der Waals surface area contributed by atoms with Crippen molar-refractivity contribution in [1.29, 1.82) is 0 Å². The number of rotatable bonds is 7. The van der Waals surface area contributed by atoms with Crippen molar-refractivity contribution in [2.75, 3.05) is 13.7 Å². The van der Waals surface area contributed by atoms with Crippen LogP contribution in [0.15, 0.2) is 35.7 Å². The highest BCUT2D eigenvalue weighted by molar-refractivity contribution is 7.10. The van der Waals surface area contributed by atoms with E-state index >= 15 is 0 Å². The lowest BCUT2D eigenvalue weighted by molar-refractivity contribution is -0.148. The monoisotopic (exact) mass is 367 g/mol. The number of nitrogens with one attached hydrogen (secondary N) is 1. The number of ether oxygens (including phenoxy) is 2. The quantitative estimate of drug-likeness (QED) is 0.762. The van der Waals surface area contributed by atoms with Crippen LogP contribution in [0.25, 0.3) is 0 Å². The number of carbonyl (C=O) groups is 2. The van der Waals surface area contributed by atoms with Crippen molar-refractivity contribution in [3.05, 3.63) is 51.2 Å². The van der Waals surface area contributed by atoms with Crippen LogP contribution in [0.5, 0.6) is 5.75 Å². The second kappa shape index (κ2) is 8.70. The third-order valence-electron chi connectivity index (χ3n) is 3.29. The maximum absolute atomic E-state index is 11.9. The van der Waals surface area contributed by atoms with Gasteiger partial charge < -0.3 is 14.8 Å². The fourth-order valence-electron chi connectivity index (χ4n) is 2.13. The maximum atomic E-state index is 11.9. The topological polar surface area (TPSA) is 64.6 Å². The summed E-state index contributed by atoms with van der Waals surface area (Å²) in [6.07, 6.45) is -0.0164. The van der Waals surface area contributed by atoms with Crippen LogP contribution in [-0.4, -0.2) is 25.6 Å². The van der Waals surface area contributed by atoms with Crippen LogP contribution in [0.4, 0.5) is 0 Å². The fraction of sp³-hybridized carbons (Fsp3) is 0.294. The lowest BCUT2D eigenvalue weighted by Crippen LogP contribution is -2.31. The Balaban J connectivity index is 1.83. The van der Waals surface area contributed by atoms with Gasteiger partial charge in [-0.2, -0.15) is 0 Å². The van der Waals surface area contributed by atoms with Gasteiger partial charge in [0.1, 0.15) is 5.75 Å². The summed E-state index contributed by atoms with van der Waals surface area (Å²) in [4.78, 5) is 24.8. The predicted molar refractivity (Wildman–Crippen MR) is 93.5 cm³/mol. The molecule has 24 heavy (non-hydrogen) atoms. The van der Waals surface area contributed by atoms with E-state index in [1.54, 1.807) is 29.5 Å². The summed E-state index contributed by atoms with van der Waals surface area (Å²) in [5.74, 6) is -0.316. The Morgan fingerprint density at radius 2 is 2.12 bits per heavy atom. The Bertz CT molecular complexity index is 703. The van der Waals surface area contributed by atoms with Gasteiger partial charge in [0, 0.05) is 15.5 Å². The van der Waals surface area contributed by atoms with Crippen LogP contribution in [0.2, 0.25) is 5.02 Å². The smallest absolute Gasteiger partial charge is 0.310 e. The number of hydrogen-bond donors (Lipinski definition) is 1. The molecule has 0 spiro atoms. The average molecular weight is 368 g/mol. The summed E-state index contributed by atoms with van der Waals surface area (Å²) in [5, 5.41) is 5.22. The lowest BCUT2D eigenvalue weighted by atomic mass is 10.1. The van der Waals surface area contributed by atoms with Crippen LogP contribution in [0, 0.1) is 0 Å². The highest BCUT2D eigenvalue weighted by Crippen LogP contribution is 2.23. The van der Waals surface area contributed by atoms with E-state index in [0.29, 0.717) is 16.3 Å². The van der Waals surface area contributed by atoms with Crippen molar-refractivity contribution in [3.8, 4) is 5.75 Å². The first-order valence-electron chi connectivity index (χ1n) is 7.30. The number of benzene rings is 1. The number of methoxy groups -OCH3 is 1. The molecule has 0 aliphatic heterocycles. The molecule has 1 aromatic carbocycles. The van der Waals surface area contributed by atoms with Crippen molar-refractivity contribution >= 4 is 34.8 Å². The summed E-state index contributed by atoms with van der Waals surface area (Å²) >= 11 is 7.48. The van der Waals surface area contributed by atoms with Gasteiger partial charge in [0.15, 0.2) is 6.61 Å². The first kappa shape index (κ1) is 18.3. The Labute approximate surface area is 149 Å². The van der Waals surface area contributed by atoms with Gasteiger partial charge in [-0.15, -0.1) is 11.3 Å². The highest BCUT2D eigenvalue weighted by atomic mass is 35.5. The molecule has 0 saturated heterocycles. The van der Waals surface area contributed by atoms with E-state index in [9.17, 15) is 9.59 Å². The summed E-state index contributed by atoms with van der Waals surface area (Å²) in [7, 11) is 1.51. The van der Waals surface area contributed by atoms with Crippen molar-refractivity contribution < 1.29 is 19.1 Å². The minimum Gasteiger partial charge on any atom is -0.496 e. The van der Waals surface area contributed by atoms with Gasteiger partial charge in [-0.1, -0.05) is 17.7 Å². The summed E-state index contributed by atoms with van der Waals surface area (Å²) in [6, 6.07) is 8.73. The van der Waals surface area contributed by atoms with Crippen molar-refractivity contribution in [1.82, 2.24) is 5.32 Å². The van der Waals surface area contributed by atoms with Gasteiger partial charge in [-0.3, -0.25) is 9.59 Å². The minimum atomic E-state index is -0.519. The molecule has 0 bridgehead atoms. The second-order valence-electron chi connectivity index (χ2n) is 5.10. The van der Waals surface area contributed by atoms with E-state index in [2.05, 4.69) is 5.32 Å². The molecule has 0 saturated carbocycles. The van der Waals surface area contributed by atoms with Gasteiger partial charge in [-0.25, -0.2) is 0 Å². The van der Waals surface area contributed by atoms with Crippen molar-refractivity contribution in [2.45, 2.75) is 19.4 Å². The molecule has 1 atom stereocenters. The van der Waals surface area contributed by atoms with E-state index < -0.39 is 5.97 Å². The largest absolute Gasteiger partial charge is 0.496 e. The number of hydrogen-bond acceptors (Lipinski definition) is 5. The van der Waals surface area contributed by atoms with Gasteiger partial charge in [0.05, 0.1) is 19.6 Å². The molecular weight excluding hydrogens is 350 g/mol. The molecule has 0 fully saturated rings. The zero-order valence-corrected chi connectivity index (χ0v) is 14.9. The first-order chi connectivity index (χ1) is 11.5. The van der Waals surface area contributed by atoms with E-state index in [1.807, 2.05) is 24.4 Å². The molecule has 1 heterocycles. The Hall–Kier alpha value is -2.05. The third-order valence-corrected chi connectivity index (χ3v) is 4.58. The normalized spacial score (nSPS) is 11.6. The zero-order valence-electron chi connectivity index (χ0n) is 13.4. The van der Waals surface area contributed by atoms with Gasteiger partial charge in [0.25, 0.3) is 5.91 Å². The van der Waals surface area contributed by atoms with E-state index in [-0.39, 0.29) is 25.0 Å². The van der Waals surface area contributed by atoms with Crippen molar-refractivity contribution in [2.24, 2.45) is 0 Å². The van der Waals surface area contributed by atoms with Crippen LogP contribution in [-0.2, 0) is 20.7 Å².